The molecule has 0 spiro atoms. The highest BCUT2D eigenvalue weighted by molar-refractivity contribution is 9.10. The third-order valence-corrected chi connectivity index (χ3v) is 3.19. The van der Waals surface area contributed by atoms with Gasteiger partial charge in [-0.25, -0.2) is 0 Å². The number of rotatable bonds is 8. The van der Waals surface area contributed by atoms with Gasteiger partial charge in [-0.05, 0) is 41.4 Å². The van der Waals surface area contributed by atoms with E-state index in [4.69, 9.17) is 9.84 Å². The van der Waals surface area contributed by atoms with Crippen LogP contribution in [0.2, 0.25) is 0 Å². The molecule has 1 atom stereocenters. The van der Waals surface area contributed by atoms with E-state index in [1.165, 1.54) is 0 Å². The lowest BCUT2D eigenvalue weighted by atomic mass is 10.2. The van der Waals surface area contributed by atoms with E-state index in [1.54, 1.807) is 6.92 Å². The number of ether oxygens (including phenoxy) is 1. The van der Waals surface area contributed by atoms with E-state index >= 15 is 0 Å². The molecule has 0 aromatic heterocycles. The topological polar surface area (TPSA) is 75.6 Å². The number of hydrogen-bond acceptors (Lipinski definition) is 3. The fourth-order valence-electron chi connectivity index (χ4n) is 1.64. The third-order valence-electron chi connectivity index (χ3n) is 2.53. The second kappa shape index (κ2) is 8.58. The minimum absolute atomic E-state index is 0.0702. The van der Waals surface area contributed by atoms with Gasteiger partial charge < -0.3 is 15.2 Å². The zero-order chi connectivity index (χ0) is 15.0. The fraction of sp³-hybridized carbons (Fsp3) is 0.429. The zero-order valence-electron chi connectivity index (χ0n) is 11.3. The first kappa shape index (κ1) is 16.5. The van der Waals surface area contributed by atoms with Crippen molar-refractivity contribution in [2.45, 2.75) is 32.2 Å². The van der Waals surface area contributed by atoms with Crippen molar-refractivity contribution in [1.29, 1.82) is 0 Å². The van der Waals surface area contributed by atoms with Crippen LogP contribution in [0.25, 0.3) is 0 Å². The van der Waals surface area contributed by atoms with Crippen molar-refractivity contribution in [2.75, 3.05) is 6.61 Å². The average Bonchev–Trinajstić information content (AvgIpc) is 2.35. The molecular formula is C14H18BrNO4. The Kier molecular flexibility index (Phi) is 7.08. The van der Waals surface area contributed by atoms with Crippen molar-refractivity contribution in [3.05, 3.63) is 28.7 Å². The van der Waals surface area contributed by atoms with E-state index in [0.717, 1.165) is 10.2 Å². The Morgan fingerprint density at radius 1 is 1.40 bits per heavy atom. The molecule has 0 saturated heterocycles. The summed E-state index contributed by atoms with van der Waals surface area (Å²) in [4.78, 5) is 22.0. The van der Waals surface area contributed by atoms with E-state index in [-0.39, 0.29) is 18.4 Å². The lowest BCUT2D eigenvalue weighted by Crippen LogP contribution is -2.34. The minimum Gasteiger partial charge on any atom is -0.492 e. The number of carbonyl (C=O) groups is 2. The lowest BCUT2D eigenvalue weighted by molar-refractivity contribution is -0.137. The largest absolute Gasteiger partial charge is 0.492 e. The highest BCUT2D eigenvalue weighted by atomic mass is 79.9. The Balaban J connectivity index is 2.19. The van der Waals surface area contributed by atoms with Crippen LogP contribution in [0.4, 0.5) is 0 Å². The van der Waals surface area contributed by atoms with Crippen LogP contribution in [-0.2, 0) is 9.59 Å². The second-order valence-electron chi connectivity index (χ2n) is 4.45. The molecule has 1 aromatic carbocycles. The summed E-state index contributed by atoms with van der Waals surface area (Å²) in [5.41, 5.74) is 0. The molecule has 0 aliphatic heterocycles. The minimum atomic E-state index is -0.921. The summed E-state index contributed by atoms with van der Waals surface area (Å²) >= 11 is 3.37. The van der Waals surface area contributed by atoms with Gasteiger partial charge in [-0.2, -0.15) is 0 Å². The Morgan fingerprint density at radius 2 is 2.10 bits per heavy atom. The van der Waals surface area contributed by atoms with Gasteiger partial charge >= 0.3 is 5.97 Å². The predicted octanol–water partition coefficient (Wildman–Crippen LogP) is 2.59. The number of halogens is 1. The van der Waals surface area contributed by atoms with Crippen LogP contribution in [0, 0.1) is 0 Å². The molecule has 1 rings (SSSR count). The molecule has 1 unspecified atom stereocenters. The van der Waals surface area contributed by atoms with E-state index < -0.39 is 5.97 Å². The van der Waals surface area contributed by atoms with Crippen LogP contribution in [0.5, 0.6) is 5.75 Å². The summed E-state index contributed by atoms with van der Waals surface area (Å²) in [6, 6.07) is 7.15. The molecule has 0 radical (unpaired) electrons. The van der Waals surface area contributed by atoms with E-state index in [9.17, 15) is 9.59 Å². The van der Waals surface area contributed by atoms with Gasteiger partial charge in [-0.3, -0.25) is 9.59 Å². The maximum atomic E-state index is 11.5. The van der Waals surface area contributed by atoms with Crippen molar-refractivity contribution in [2.24, 2.45) is 0 Å². The first-order valence-electron chi connectivity index (χ1n) is 6.37. The van der Waals surface area contributed by atoms with Crippen LogP contribution in [0.3, 0.4) is 0 Å². The number of hydrogen-bond donors (Lipinski definition) is 2. The first-order chi connectivity index (χ1) is 9.49. The molecule has 110 valence electrons. The molecule has 0 aliphatic carbocycles. The second-order valence-corrected chi connectivity index (χ2v) is 5.30. The van der Waals surface area contributed by atoms with Crippen LogP contribution < -0.4 is 10.1 Å². The van der Waals surface area contributed by atoms with Gasteiger partial charge in [0.2, 0.25) is 5.91 Å². The van der Waals surface area contributed by atoms with Crippen molar-refractivity contribution in [1.82, 2.24) is 5.32 Å². The molecule has 5 nitrogen and oxygen atoms in total. The molecule has 1 aromatic rings. The molecular weight excluding hydrogens is 326 g/mol. The maximum Gasteiger partial charge on any atom is 0.305 e. The Labute approximate surface area is 126 Å². The normalized spacial score (nSPS) is 11.7. The number of amides is 1. The van der Waals surface area contributed by atoms with Crippen molar-refractivity contribution in [3.8, 4) is 5.75 Å². The first-order valence-corrected chi connectivity index (χ1v) is 7.17. The Hall–Kier alpha value is -1.56. The molecule has 6 heteroatoms. The quantitative estimate of drug-likeness (QED) is 0.711. The smallest absolute Gasteiger partial charge is 0.305 e. The average molecular weight is 344 g/mol. The SMILES string of the molecule is CC(CC(=O)O)NC(=O)CCCOc1ccccc1Br. The fourth-order valence-corrected chi connectivity index (χ4v) is 2.04. The number of carboxylic acids is 1. The highest BCUT2D eigenvalue weighted by Gasteiger charge is 2.10. The molecule has 0 saturated carbocycles. The maximum absolute atomic E-state index is 11.5. The molecule has 0 bridgehead atoms. The third kappa shape index (κ3) is 6.56. The summed E-state index contributed by atoms with van der Waals surface area (Å²) in [7, 11) is 0. The van der Waals surface area contributed by atoms with Gasteiger partial charge in [0.1, 0.15) is 5.75 Å². The van der Waals surface area contributed by atoms with Crippen LogP contribution >= 0.6 is 15.9 Å². The number of aliphatic carboxylic acids is 1. The van der Waals surface area contributed by atoms with Gasteiger partial charge in [0.05, 0.1) is 17.5 Å². The summed E-state index contributed by atoms with van der Waals surface area (Å²) in [6.07, 6.45) is 0.820. The predicted molar refractivity (Wildman–Crippen MR) is 78.7 cm³/mol. The Bertz CT molecular complexity index is 464. The van der Waals surface area contributed by atoms with Gasteiger partial charge in [0, 0.05) is 12.5 Å². The standard InChI is InChI=1S/C14H18BrNO4/c1-10(9-14(18)19)16-13(17)7-4-8-20-12-6-3-2-5-11(12)15/h2-3,5-6,10H,4,7-9H2,1H3,(H,16,17)(H,18,19). The number of carbonyl (C=O) groups excluding carboxylic acids is 1. The molecule has 0 aliphatic rings. The van der Waals surface area contributed by atoms with Gasteiger partial charge in [0.25, 0.3) is 0 Å². The summed E-state index contributed by atoms with van der Waals surface area (Å²) in [5.74, 6) is -0.336. The number of para-hydroxylation sites is 1. The van der Waals surface area contributed by atoms with Crippen molar-refractivity contribution in [3.63, 3.8) is 0 Å². The summed E-state index contributed by atoms with van der Waals surface area (Å²) < 4.78 is 6.41. The summed E-state index contributed by atoms with van der Waals surface area (Å²) in [5, 5.41) is 11.2. The number of nitrogens with one attached hydrogen (secondary N) is 1. The highest BCUT2D eigenvalue weighted by Crippen LogP contribution is 2.23. The molecule has 20 heavy (non-hydrogen) atoms. The van der Waals surface area contributed by atoms with Gasteiger partial charge in [-0.1, -0.05) is 12.1 Å². The molecule has 0 fully saturated rings. The summed E-state index contributed by atoms with van der Waals surface area (Å²) in [6.45, 7) is 2.10. The number of benzene rings is 1. The van der Waals surface area contributed by atoms with E-state index in [2.05, 4.69) is 21.2 Å². The van der Waals surface area contributed by atoms with Gasteiger partial charge in [0.15, 0.2) is 0 Å². The van der Waals surface area contributed by atoms with Gasteiger partial charge in [-0.15, -0.1) is 0 Å². The van der Waals surface area contributed by atoms with E-state index in [1.807, 2.05) is 24.3 Å². The number of carboxylic acid groups (broad SMARTS) is 1. The van der Waals surface area contributed by atoms with E-state index in [0.29, 0.717) is 19.4 Å². The molecule has 2 N–H and O–H groups in total. The monoisotopic (exact) mass is 343 g/mol. The van der Waals surface area contributed by atoms with Crippen molar-refractivity contribution < 1.29 is 19.4 Å². The molecule has 0 heterocycles. The molecule has 1 amide bonds. The van der Waals surface area contributed by atoms with Crippen LogP contribution in [-0.4, -0.2) is 29.6 Å². The Morgan fingerprint density at radius 3 is 2.75 bits per heavy atom. The van der Waals surface area contributed by atoms with Crippen molar-refractivity contribution >= 4 is 27.8 Å². The zero-order valence-corrected chi connectivity index (χ0v) is 12.9. The lowest BCUT2D eigenvalue weighted by Gasteiger charge is -2.12. The van der Waals surface area contributed by atoms with Crippen LogP contribution in [0.15, 0.2) is 28.7 Å². The van der Waals surface area contributed by atoms with Crippen LogP contribution in [0.1, 0.15) is 26.2 Å².